The molecule has 6 nitrogen and oxygen atoms in total. The van der Waals surface area contributed by atoms with Crippen molar-refractivity contribution in [3.63, 3.8) is 0 Å². The van der Waals surface area contributed by atoms with E-state index in [-0.39, 0.29) is 5.91 Å². The standard InChI is InChI=1S/C22H24F3N5O/c1-15-7-8-16(2)30(15)20-19(14-26-27(20)3)21(31)29-11-9-28(10-12-29)18-6-4-5-17(13-18)22(23,24)25/h4-8,13-14H,9-12H2,1-3H3. The second kappa shape index (κ2) is 7.79. The van der Waals surface area contributed by atoms with E-state index in [1.165, 1.54) is 6.07 Å². The van der Waals surface area contributed by atoms with Gasteiger partial charge in [0.2, 0.25) is 0 Å². The molecule has 1 aromatic carbocycles. The van der Waals surface area contributed by atoms with Gasteiger partial charge in [0.05, 0.1) is 11.8 Å². The molecule has 0 spiro atoms. The first-order valence-corrected chi connectivity index (χ1v) is 10.1. The molecule has 2 aromatic heterocycles. The van der Waals surface area contributed by atoms with E-state index < -0.39 is 11.7 Å². The summed E-state index contributed by atoms with van der Waals surface area (Å²) in [6.45, 7) is 5.72. The van der Waals surface area contributed by atoms with Crippen LogP contribution in [-0.4, -0.2) is 51.3 Å². The maximum atomic E-state index is 13.3. The second-order valence-corrected chi connectivity index (χ2v) is 7.78. The number of benzene rings is 1. The molecule has 9 heteroatoms. The zero-order valence-corrected chi connectivity index (χ0v) is 17.6. The summed E-state index contributed by atoms with van der Waals surface area (Å²) in [5, 5.41) is 4.30. The average Bonchev–Trinajstić information content (AvgIpc) is 3.28. The molecular weight excluding hydrogens is 407 g/mol. The molecule has 0 atom stereocenters. The summed E-state index contributed by atoms with van der Waals surface area (Å²) in [5.41, 5.74) is 2.37. The van der Waals surface area contributed by atoms with Gasteiger partial charge < -0.3 is 14.4 Å². The Balaban J connectivity index is 1.52. The Kier molecular flexibility index (Phi) is 5.28. The second-order valence-electron chi connectivity index (χ2n) is 7.78. The maximum Gasteiger partial charge on any atom is 0.416 e. The Hall–Kier alpha value is -3.23. The highest BCUT2D eigenvalue weighted by atomic mass is 19.4. The Morgan fingerprint density at radius 3 is 2.26 bits per heavy atom. The van der Waals surface area contributed by atoms with Crippen LogP contribution in [0.15, 0.2) is 42.6 Å². The van der Waals surface area contributed by atoms with Crippen molar-refractivity contribution < 1.29 is 18.0 Å². The zero-order valence-electron chi connectivity index (χ0n) is 17.6. The Morgan fingerprint density at radius 1 is 1.00 bits per heavy atom. The molecule has 1 aliphatic rings. The highest BCUT2D eigenvalue weighted by Crippen LogP contribution is 2.32. The highest BCUT2D eigenvalue weighted by molar-refractivity contribution is 5.97. The summed E-state index contributed by atoms with van der Waals surface area (Å²) in [6.07, 6.45) is -2.80. The largest absolute Gasteiger partial charge is 0.416 e. The third kappa shape index (κ3) is 3.92. The molecule has 0 bridgehead atoms. The summed E-state index contributed by atoms with van der Waals surface area (Å²) in [6, 6.07) is 9.30. The van der Waals surface area contributed by atoms with E-state index in [9.17, 15) is 18.0 Å². The average molecular weight is 431 g/mol. The number of hydrogen-bond donors (Lipinski definition) is 0. The normalized spacial score (nSPS) is 14.9. The number of carbonyl (C=O) groups is 1. The first kappa shape index (κ1) is 21.0. The summed E-state index contributed by atoms with van der Waals surface area (Å²) in [7, 11) is 1.80. The van der Waals surface area contributed by atoms with E-state index in [0.717, 1.165) is 23.5 Å². The van der Waals surface area contributed by atoms with Crippen LogP contribution >= 0.6 is 0 Å². The lowest BCUT2D eigenvalue weighted by molar-refractivity contribution is -0.137. The van der Waals surface area contributed by atoms with Crippen molar-refractivity contribution in [3.05, 3.63) is 65.1 Å². The number of anilines is 1. The molecule has 0 aliphatic carbocycles. The lowest BCUT2D eigenvalue weighted by atomic mass is 10.1. The number of alkyl halides is 3. The quantitative estimate of drug-likeness (QED) is 0.634. The predicted octanol–water partition coefficient (Wildman–Crippen LogP) is 3.81. The van der Waals surface area contributed by atoms with Crippen LogP contribution in [0.2, 0.25) is 0 Å². The van der Waals surface area contributed by atoms with Crippen LogP contribution in [0.25, 0.3) is 5.82 Å². The molecule has 164 valence electrons. The Labute approximate surface area is 178 Å². The van der Waals surface area contributed by atoms with Crippen molar-refractivity contribution >= 4 is 11.6 Å². The fraction of sp³-hybridized carbons (Fsp3) is 0.364. The van der Waals surface area contributed by atoms with Crippen LogP contribution in [0.3, 0.4) is 0 Å². The first-order chi connectivity index (χ1) is 14.7. The molecule has 0 saturated carbocycles. The zero-order chi connectivity index (χ0) is 22.3. The lowest BCUT2D eigenvalue weighted by Crippen LogP contribution is -2.49. The monoisotopic (exact) mass is 431 g/mol. The van der Waals surface area contributed by atoms with Gasteiger partial charge >= 0.3 is 6.18 Å². The number of nitrogens with zero attached hydrogens (tertiary/aromatic N) is 5. The smallest absolute Gasteiger partial charge is 0.368 e. The van der Waals surface area contributed by atoms with Crippen molar-refractivity contribution in [3.8, 4) is 5.82 Å². The number of aryl methyl sites for hydroxylation is 3. The van der Waals surface area contributed by atoms with Crippen LogP contribution in [0.5, 0.6) is 0 Å². The molecule has 31 heavy (non-hydrogen) atoms. The molecule has 4 rings (SSSR count). The van der Waals surface area contributed by atoms with Crippen LogP contribution < -0.4 is 4.90 Å². The highest BCUT2D eigenvalue weighted by Gasteiger charge is 2.32. The van der Waals surface area contributed by atoms with Gasteiger partial charge in [-0.05, 0) is 44.2 Å². The van der Waals surface area contributed by atoms with Gasteiger partial charge in [-0.1, -0.05) is 6.07 Å². The minimum Gasteiger partial charge on any atom is -0.368 e. The summed E-state index contributed by atoms with van der Waals surface area (Å²) in [4.78, 5) is 16.9. The van der Waals surface area contributed by atoms with Gasteiger partial charge in [0.25, 0.3) is 5.91 Å². The Morgan fingerprint density at radius 2 is 1.65 bits per heavy atom. The van der Waals surface area contributed by atoms with E-state index in [4.69, 9.17) is 0 Å². The molecule has 1 fully saturated rings. The van der Waals surface area contributed by atoms with Crippen LogP contribution in [0.4, 0.5) is 18.9 Å². The molecule has 0 radical (unpaired) electrons. The predicted molar refractivity (Wildman–Crippen MR) is 112 cm³/mol. The number of halogens is 3. The molecular formula is C22H24F3N5O. The Bertz CT molecular complexity index is 1090. The van der Waals surface area contributed by atoms with Crippen LogP contribution in [0, 0.1) is 13.8 Å². The van der Waals surface area contributed by atoms with Gasteiger partial charge in [-0.2, -0.15) is 18.3 Å². The molecule has 1 amide bonds. The summed E-state index contributed by atoms with van der Waals surface area (Å²) >= 11 is 0. The van der Waals surface area contributed by atoms with Gasteiger partial charge in [0.15, 0.2) is 0 Å². The van der Waals surface area contributed by atoms with E-state index in [1.807, 2.05) is 35.4 Å². The SMILES string of the molecule is Cc1ccc(C)n1-c1c(C(=O)N2CCN(c3cccc(C(F)(F)F)c3)CC2)cnn1C. The summed E-state index contributed by atoms with van der Waals surface area (Å²) < 4.78 is 42.8. The van der Waals surface area contributed by atoms with Crippen molar-refractivity contribution in [2.24, 2.45) is 7.05 Å². The number of amides is 1. The molecule has 3 heterocycles. The molecule has 0 unspecified atom stereocenters. The number of piperazine rings is 1. The lowest BCUT2D eigenvalue weighted by Gasteiger charge is -2.36. The molecule has 3 aromatic rings. The van der Waals surface area contributed by atoms with Gasteiger partial charge in [0, 0.05) is 50.3 Å². The van der Waals surface area contributed by atoms with Crippen LogP contribution in [-0.2, 0) is 13.2 Å². The van der Waals surface area contributed by atoms with Crippen molar-refractivity contribution in [2.75, 3.05) is 31.1 Å². The molecule has 1 aliphatic heterocycles. The third-order valence-corrected chi connectivity index (χ3v) is 5.73. The minimum absolute atomic E-state index is 0.126. The fourth-order valence-corrected chi connectivity index (χ4v) is 4.07. The van der Waals surface area contributed by atoms with Crippen molar-refractivity contribution in [1.82, 2.24) is 19.2 Å². The fourth-order valence-electron chi connectivity index (χ4n) is 4.07. The van der Waals surface area contributed by atoms with Gasteiger partial charge in [-0.25, -0.2) is 0 Å². The van der Waals surface area contributed by atoms with Crippen LogP contribution in [0.1, 0.15) is 27.3 Å². The van der Waals surface area contributed by atoms with E-state index in [1.54, 1.807) is 28.9 Å². The van der Waals surface area contributed by atoms with Crippen molar-refractivity contribution in [1.29, 1.82) is 0 Å². The molecule has 0 N–H and O–H groups in total. The van der Waals surface area contributed by atoms with Gasteiger partial charge in [0.1, 0.15) is 11.4 Å². The van der Waals surface area contributed by atoms with Crippen molar-refractivity contribution in [2.45, 2.75) is 20.0 Å². The number of aromatic nitrogens is 3. The molecule has 1 saturated heterocycles. The summed E-state index contributed by atoms with van der Waals surface area (Å²) in [5.74, 6) is 0.588. The van der Waals surface area contributed by atoms with E-state index in [0.29, 0.717) is 43.2 Å². The van der Waals surface area contributed by atoms with E-state index >= 15 is 0 Å². The third-order valence-electron chi connectivity index (χ3n) is 5.73. The van der Waals surface area contributed by atoms with Gasteiger partial charge in [-0.3, -0.25) is 9.48 Å². The minimum atomic E-state index is -4.38. The number of hydrogen-bond acceptors (Lipinski definition) is 3. The number of carbonyl (C=O) groups excluding carboxylic acids is 1. The van der Waals surface area contributed by atoms with E-state index in [2.05, 4.69) is 5.10 Å². The first-order valence-electron chi connectivity index (χ1n) is 10.1. The number of rotatable bonds is 3. The maximum absolute atomic E-state index is 13.3. The van der Waals surface area contributed by atoms with Gasteiger partial charge in [-0.15, -0.1) is 0 Å². The topological polar surface area (TPSA) is 46.3 Å².